The molecule has 0 radical (unpaired) electrons. The number of halogens is 2. The van der Waals surface area contributed by atoms with E-state index in [9.17, 15) is 8.78 Å². The van der Waals surface area contributed by atoms with E-state index in [1.165, 1.54) is 16.8 Å². The lowest BCUT2D eigenvalue weighted by atomic mass is 10.2. The number of H-pyrrole nitrogens is 1. The first-order valence-corrected chi connectivity index (χ1v) is 8.47. The quantitative estimate of drug-likeness (QED) is 0.477. The molecule has 0 atom stereocenters. The molecule has 1 aromatic heterocycles. The number of ether oxygens (including phenoxy) is 2. The van der Waals surface area contributed by atoms with Crippen LogP contribution in [0.5, 0.6) is 11.5 Å². The van der Waals surface area contributed by atoms with Crippen LogP contribution < -0.4 is 9.47 Å². The van der Waals surface area contributed by atoms with Crippen LogP contribution in [0.25, 0.3) is 11.4 Å². The Morgan fingerprint density at radius 2 is 1.81 bits per heavy atom. The molecule has 6 nitrogen and oxygen atoms in total. The normalized spacial score (nSPS) is 11.3. The average molecular weight is 390 g/mol. The predicted molar refractivity (Wildman–Crippen MR) is 100 cm³/mol. The fourth-order valence-corrected chi connectivity index (χ4v) is 2.49. The van der Waals surface area contributed by atoms with Gasteiger partial charge in [-0.3, -0.25) is 0 Å². The highest BCUT2D eigenvalue weighted by Gasteiger charge is 2.08. The maximum atomic E-state index is 12.2. The fraction of sp³-hybridized carbons (Fsp3) is 0.167. The molecule has 1 heterocycles. The Kier molecular flexibility index (Phi) is 5.92. The van der Waals surface area contributed by atoms with Gasteiger partial charge in [-0.2, -0.15) is 23.7 Å². The van der Waals surface area contributed by atoms with Crippen LogP contribution in [0.4, 0.5) is 8.78 Å². The molecule has 0 spiro atoms. The summed E-state index contributed by atoms with van der Waals surface area (Å²) in [5.74, 6) is 1.38. The van der Waals surface area contributed by atoms with Crippen molar-refractivity contribution in [1.82, 2.24) is 14.9 Å². The molecule has 0 saturated carbocycles. The molecular weight excluding hydrogens is 374 g/mol. The van der Waals surface area contributed by atoms with Crippen LogP contribution >= 0.6 is 12.2 Å². The van der Waals surface area contributed by atoms with Crippen LogP contribution in [-0.4, -0.2) is 34.3 Å². The third-order valence-electron chi connectivity index (χ3n) is 3.50. The number of benzene rings is 2. The zero-order valence-corrected chi connectivity index (χ0v) is 15.1. The summed E-state index contributed by atoms with van der Waals surface area (Å²) in [6, 6.07) is 13.5. The van der Waals surface area contributed by atoms with E-state index < -0.39 is 6.61 Å². The third kappa shape index (κ3) is 4.76. The van der Waals surface area contributed by atoms with E-state index >= 15 is 0 Å². The molecule has 1 N–H and O–H groups in total. The molecule has 9 heteroatoms. The number of aromatic nitrogens is 3. The molecule has 0 unspecified atom stereocenters. The Bertz CT molecular complexity index is 966. The Hall–Kier alpha value is -3.07. The van der Waals surface area contributed by atoms with Gasteiger partial charge in [0.2, 0.25) is 4.77 Å². The summed E-state index contributed by atoms with van der Waals surface area (Å²) >= 11 is 5.23. The largest absolute Gasteiger partial charge is 0.494 e. The highest BCUT2D eigenvalue weighted by molar-refractivity contribution is 7.71. The highest BCUT2D eigenvalue weighted by atomic mass is 32.1. The molecule has 0 fully saturated rings. The predicted octanol–water partition coefficient (Wildman–Crippen LogP) is 4.49. The summed E-state index contributed by atoms with van der Waals surface area (Å²) in [4.78, 5) is 0. The zero-order chi connectivity index (χ0) is 19.2. The maximum absolute atomic E-state index is 12.2. The van der Waals surface area contributed by atoms with E-state index in [2.05, 4.69) is 20.0 Å². The number of alkyl halides is 2. The van der Waals surface area contributed by atoms with E-state index in [1.54, 1.807) is 18.3 Å². The number of hydrogen-bond acceptors (Lipinski definition) is 5. The summed E-state index contributed by atoms with van der Waals surface area (Å²) in [6.07, 6.45) is 1.55. The third-order valence-corrected chi connectivity index (χ3v) is 3.77. The van der Waals surface area contributed by atoms with Crippen LogP contribution in [0.3, 0.4) is 0 Å². The second-order valence-corrected chi connectivity index (χ2v) is 5.70. The molecule has 3 aromatic rings. The van der Waals surface area contributed by atoms with Gasteiger partial charge >= 0.3 is 6.61 Å². The number of nitrogens with zero attached hydrogens (tertiary/aromatic N) is 3. The van der Waals surface area contributed by atoms with Crippen molar-refractivity contribution < 1.29 is 18.3 Å². The lowest BCUT2D eigenvalue weighted by molar-refractivity contribution is -0.0498. The molecule has 0 bridgehead atoms. The molecular formula is C18H16F2N4O2S. The van der Waals surface area contributed by atoms with Crippen molar-refractivity contribution in [2.75, 3.05) is 6.61 Å². The Morgan fingerprint density at radius 1 is 1.15 bits per heavy atom. The van der Waals surface area contributed by atoms with E-state index in [0.717, 1.165) is 11.3 Å². The van der Waals surface area contributed by atoms with Gasteiger partial charge in [-0.15, -0.1) is 0 Å². The first-order valence-electron chi connectivity index (χ1n) is 8.06. The standard InChI is InChI=1S/C18H16F2N4O2S/c1-2-25-14-9-5-13(6-10-14)16-22-23-18(27)24(16)21-11-12-3-7-15(8-4-12)26-17(19)20/h3-11,17H,2H2,1H3,(H,23,27). The van der Waals surface area contributed by atoms with Crippen LogP contribution in [0.15, 0.2) is 53.6 Å². The molecule has 0 aliphatic carbocycles. The first kappa shape index (κ1) is 18.7. The summed E-state index contributed by atoms with van der Waals surface area (Å²) < 4.78 is 35.9. The molecule has 2 aromatic carbocycles. The van der Waals surface area contributed by atoms with Gasteiger partial charge in [0, 0.05) is 5.56 Å². The van der Waals surface area contributed by atoms with Crippen LogP contribution in [-0.2, 0) is 0 Å². The van der Waals surface area contributed by atoms with Crippen molar-refractivity contribution in [3.8, 4) is 22.9 Å². The second-order valence-electron chi connectivity index (χ2n) is 5.31. The summed E-state index contributed by atoms with van der Waals surface area (Å²) in [6.45, 7) is -0.353. The van der Waals surface area contributed by atoms with Gasteiger partial charge in [-0.05, 0) is 73.2 Å². The number of nitrogens with one attached hydrogen (secondary N) is 1. The zero-order valence-electron chi connectivity index (χ0n) is 14.3. The monoisotopic (exact) mass is 390 g/mol. The molecule has 3 rings (SSSR count). The van der Waals surface area contributed by atoms with E-state index in [-0.39, 0.29) is 5.75 Å². The van der Waals surface area contributed by atoms with Crippen molar-refractivity contribution >= 4 is 18.4 Å². The highest BCUT2D eigenvalue weighted by Crippen LogP contribution is 2.21. The Balaban J connectivity index is 1.82. The minimum Gasteiger partial charge on any atom is -0.494 e. The number of hydrogen-bond donors (Lipinski definition) is 1. The van der Waals surface area contributed by atoms with Crippen molar-refractivity contribution in [3.63, 3.8) is 0 Å². The minimum atomic E-state index is -2.86. The maximum Gasteiger partial charge on any atom is 0.387 e. The van der Waals surface area contributed by atoms with Crippen molar-refractivity contribution in [2.24, 2.45) is 5.10 Å². The fourth-order valence-electron chi connectivity index (χ4n) is 2.31. The summed E-state index contributed by atoms with van der Waals surface area (Å²) in [5.41, 5.74) is 1.50. The Labute approximate surface area is 159 Å². The van der Waals surface area contributed by atoms with Gasteiger partial charge in [0.15, 0.2) is 5.82 Å². The SMILES string of the molecule is CCOc1ccc(-c2n[nH]c(=S)n2N=Cc2ccc(OC(F)F)cc2)cc1. The van der Waals surface area contributed by atoms with Crippen LogP contribution in [0.2, 0.25) is 0 Å². The molecule has 27 heavy (non-hydrogen) atoms. The second kappa shape index (κ2) is 8.54. The van der Waals surface area contributed by atoms with Crippen LogP contribution in [0.1, 0.15) is 12.5 Å². The van der Waals surface area contributed by atoms with Gasteiger partial charge < -0.3 is 9.47 Å². The summed E-state index contributed by atoms with van der Waals surface area (Å²) in [5, 5.41) is 11.3. The number of aromatic amines is 1. The average Bonchev–Trinajstić information content (AvgIpc) is 3.02. The summed E-state index contributed by atoms with van der Waals surface area (Å²) in [7, 11) is 0. The molecule has 0 aliphatic rings. The van der Waals surface area contributed by atoms with E-state index in [4.69, 9.17) is 17.0 Å². The first-order chi connectivity index (χ1) is 13.1. The molecule has 0 aliphatic heterocycles. The molecule has 0 saturated heterocycles. The van der Waals surface area contributed by atoms with Gasteiger partial charge in [0.1, 0.15) is 11.5 Å². The minimum absolute atomic E-state index is 0.0807. The smallest absolute Gasteiger partial charge is 0.387 e. The molecule has 140 valence electrons. The number of rotatable bonds is 7. The van der Waals surface area contributed by atoms with E-state index in [1.807, 2.05) is 31.2 Å². The lowest BCUT2D eigenvalue weighted by Crippen LogP contribution is -2.01. The van der Waals surface area contributed by atoms with E-state index in [0.29, 0.717) is 22.8 Å². The van der Waals surface area contributed by atoms with Crippen molar-refractivity contribution in [1.29, 1.82) is 0 Å². The van der Waals surface area contributed by atoms with Gasteiger partial charge in [-0.25, -0.2) is 5.10 Å². The van der Waals surface area contributed by atoms with Gasteiger partial charge in [0.25, 0.3) is 0 Å². The van der Waals surface area contributed by atoms with Crippen molar-refractivity contribution in [2.45, 2.75) is 13.5 Å². The van der Waals surface area contributed by atoms with Gasteiger partial charge in [-0.1, -0.05) is 0 Å². The topological polar surface area (TPSA) is 64.4 Å². The van der Waals surface area contributed by atoms with Crippen molar-refractivity contribution in [3.05, 3.63) is 58.9 Å². The van der Waals surface area contributed by atoms with Gasteiger partial charge in [0.05, 0.1) is 12.8 Å². The molecule has 0 amide bonds. The van der Waals surface area contributed by atoms with Crippen LogP contribution in [0, 0.1) is 4.77 Å². The Morgan fingerprint density at radius 3 is 2.44 bits per heavy atom. The lowest BCUT2D eigenvalue weighted by Gasteiger charge is -2.05.